The summed E-state index contributed by atoms with van der Waals surface area (Å²) in [5, 5.41) is 7.73. The number of nitrogens with one attached hydrogen (secondary N) is 1. The fourth-order valence-corrected chi connectivity index (χ4v) is 1.75. The highest BCUT2D eigenvalue weighted by atomic mass is 35.5. The fraction of sp³-hybridized carbons (Fsp3) is 0.357. The first-order valence-corrected chi connectivity index (χ1v) is 6.22. The lowest BCUT2D eigenvalue weighted by Gasteiger charge is -2.05. The van der Waals surface area contributed by atoms with Gasteiger partial charge in [0.1, 0.15) is 11.6 Å². The summed E-state index contributed by atoms with van der Waals surface area (Å²) in [7, 11) is 1.67. The van der Waals surface area contributed by atoms with Crippen molar-refractivity contribution in [1.82, 2.24) is 9.78 Å². The lowest BCUT2D eigenvalue weighted by molar-refractivity contribution is 0.414. The molecule has 0 aliphatic carbocycles. The van der Waals surface area contributed by atoms with E-state index >= 15 is 0 Å². The molecule has 0 radical (unpaired) electrons. The summed E-state index contributed by atoms with van der Waals surface area (Å²) in [5.41, 5.74) is 1.21. The first-order chi connectivity index (χ1) is 8.81. The summed E-state index contributed by atoms with van der Waals surface area (Å²) in [6.45, 7) is 3.88. The minimum absolute atomic E-state index is 0. The Kier molecular flexibility index (Phi) is 6.22. The van der Waals surface area contributed by atoms with Crippen LogP contribution in [0.5, 0.6) is 5.75 Å². The zero-order valence-corrected chi connectivity index (χ0v) is 12.1. The topological polar surface area (TPSA) is 39.1 Å². The van der Waals surface area contributed by atoms with Crippen molar-refractivity contribution in [1.29, 1.82) is 0 Å². The highest BCUT2D eigenvalue weighted by Gasteiger charge is 1.98. The molecule has 1 heterocycles. The Morgan fingerprint density at radius 3 is 2.58 bits per heavy atom. The second-order valence-electron chi connectivity index (χ2n) is 4.17. The van der Waals surface area contributed by atoms with Crippen LogP contribution < -0.4 is 10.1 Å². The van der Waals surface area contributed by atoms with Gasteiger partial charge in [-0.05, 0) is 24.1 Å². The minimum atomic E-state index is 0. The number of hydrogen-bond donors (Lipinski definition) is 1. The summed E-state index contributed by atoms with van der Waals surface area (Å²) in [4.78, 5) is 0. The van der Waals surface area contributed by atoms with E-state index in [0.29, 0.717) is 0 Å². The fourth-order valence-electron chi connectivity index (χ4n) is 1.75. The molecule has 19 heavy (non-hydrogen) atoms. The van der Waals surface area contributed by atoms with E-state index in [1.165, 1.54) is 5.56 Å². The maximum atomic E-state index is 5.13. The highest BCUT2D eigenvalue weighted by Crippen LogP contribution is 2.12. The van der Waals surface area contributed by atoms with Crippen molar-refractivity contribution in [3.63, 3.8) is 0 Å². The summed E-state index contributed by atoms with van der Waals surface area (Å²) < 4.78 is 7.08. The Hall–Kier alpha value is -1.68. The Bertz CT molecular complexity index is 482. The number of hydrogen-bond acceptors (Lipinski definition) is 3. The summed E-state index contributed by atoms with van der Waals surface area (Å²) in [5.74, 6) is 1.80. The van der Waals surface area contributed by atoms with Gasteiger partial charge in [0.15, 0.2) is 0 Å². The summed E-state index contributed by atoms with van der Waals surface area (Å²) >= 11 is 0. The molecule has 1 N–H and O–H groups in total. The normalized spacial score (nSPS) is 9.79. The maximum absolute atomic E-state index is 5.13. The van der Waals surface area contributed by atoms with Gasteiger partial charge in [0.2, 0.25) is 0 Å². The Balaban J connectivity index is 0.00000180. The van der Waals surface area contributed by atoms with Crippen molar-refractivity contribution < 1.29 is 4.74 Å². The maximum Gasteiger partial charge on any atom is 0.148 e. The number of nitrogens with zero attached hydrogens (tertiary/aromatic N) is 2. The highest BCUT2D eigenvalue weighted by molar-refractivity contribution is 5.85. The third-order valence-corrected chi connectivity index (χ3v) is 2.73. The summed E-state index contributed by atoms with van der Waals surface area (Å²) in [6.07, 6.45) is 3.10. The van der Waals surface area contributed by atoms with Crippen molar-refractivity contribution in [3.05, 3.63) is 42.1 Å². The Labute approximate surface area is 120 Å². The first-order valence-electron chi connectivity index (χ1n) is 6.22. The van der Waals surface area contributed by atoms with Crippen molar-refractivity contribution >= 4 is 18.2 Å². The Morgan fingerprint density at radius 2 is 1.95 bits per heavy atom. The zero-order chi connectivity index (χ0) is 12.8. The van der Waals surface area contributed by atoms with E-state index in [1.54, 1.807) is 7.11 Å². The average molecular weight is 282 g/mol. The second-order valence-corrected chi connectivity index (χ2v) is 4.17. The van der Waals surface area contributed by atoms with E-state index in [-0.39, 0.29) is 12.4 Å². The largest absolute Gasteiger partial charge is 0.497 e. The molecule has 0 saturated heterocycles. The average Bonchev–Trinajstić information content (AvgIpc) is 2.85. The number of aromatic nitrogens is 2. The minimum Gasteiger partial charge on any atom is -0.497 e. The number of aryl methyl sites for hydroxylation is 1. The number of ether oxygens (including phenoxy) is 1. The molecule has 0 saturated carbocycles. The quantitative estimate of drug-likeness (QED) is 0.883. The van der Waals surface area contributed by atoms with Gasteiger partial charge in [-0.25, -0.2) is 0 Å². The van der Waals surface area contributed by atoms with Crippen LogP contribution in [0.25, 0.3) is 0 Å². The second kappa shape index (κ2) is 7.69. The van der Waals surface area contributed by atoms with Gasteiger partial charge in [-0.1, -0.05) is 19.1 Å². The molecule has 0 amide bonds. The summed E-state index contributed by atoms with van der Waals surface area (Å²) in [6, 6.07) is 10.0. The third kappa shape index (κ3) is 4.48. The molecule has 4 nitrogen and oxygen atoms in total. The van der Waals surface area contributed by atoms with E-state index in [9.17, 15) is 0 Å². The van der Waals surface area contributed by atoms with Crippen molar-refractivity contribution in [2.45, 2.75) is 26.4 Å². The van der Waals surface area contributed by atoms with Gasteiger partial charge in [0, 0.05) is 25.4 Å². The third-order valence-electron chi connectivity index (χ3n) is 2.73. The molecule has 0 aliphatic heterocycles. The van der Waals surface area contributed by atoms with Crippen molar-refractivity contribution in [3.8, 4) is 5.75 Å². The molecular formula is C14H20ClN3O. The first kappa shape index (κ1) is 15.4. The van der Waals surface area contributed by atoms with Crippen LogP contribution in [0, 0.1) is 0 Å². The van der Waals surface area contributed by atoms with Crippen LogP contribution >= 0.6 is 12.4 Å². The van der Waals surface area contributed by atoms with Gasteiger partial charge in [-0.15, -0.1) is 12.4 Å². The number of halogens is 1. The van der Waals surface area contributed by atoms with Crippen LogP contribution in [-0.4, -0.2) is 16.9 Å². The lowest BCUT2D eigenvalue weighted by atomic mass is 10.2. The zero-order valence-electron chi connectivity index (χ0n) is 11.3. The smallest absolute Gasteiger partial charge is 0.148 e. The molecule has 1 aromatic heterocycles. The van der Waals surface area contributed by atoms with E-state index in [0.717, 1.165) is 31.1 Å². The van der Waals surface area contributed by atoms with Crippen LogP contribution in [0.3, 0.4) is 0 Å². The molecule has 104 valence electrons. The monoisotopic (exact) mass is 281 g/mol. The van der Waals surface area contributed by atoms with Crippen molar-refractivity contribution in [2.24, 2.45) is 0 Å². The van der Waals surface area contributed by atoms with E-state index in [2.05, 4.69) is 29.5 Å². The van der Waals surface area contributed by atoms with E-state index in [4.69, 9.17) is 4.74 Å². The predicted molar refractivity (Wildman–Crippen MR) is 80.1 cm³/mol. The van der Waals surface area contributed by atoms with E-state index < -0.39 is 0 Å². The van der Waals surface area contributed by atoms with Gasteiger partial charge in [-0.2, -0.15) is 5.10 Å². The van der Waals surface area contributed by atoms with Crippen LogP contribution in [0.4, 0.5) is 5.82 Å². The van der Waals surface area contributed by atoms with Gasteiger partial charge >= 0.3 is 0 Å². The molecule has 5 heteroatoms. The molecule has 0 atom stereocenters. The molecule has 2 rings (SSSR count). The van der Waals surface area contributed by atoms with E-state index in [1.807, 2.05) is 29.1 Å². The van der Waals surface area contributed by atoms with Gasteiger partial charge in [-0.3, -0.25) is 4.68 Å². The molecule has 0 fully saturated rings. The van der Waals surface area contributed by atoms with Gasteiger partial charge in [0.25, 0.3) is 0 Å². The SMILES string of the molecule is CCCn1ccc(NCc2ccc(OC)cc2)n1.Cl. The molecule has 0 spiro atoms. The van der Waals surface area contributed by atoms with Crippen LogP contribution in [0.15, 0.2) is 36.5 Å². The molecule has 1 aromatic carbocycles. The van der Waals surface area contributed by atoms with Gasteiger partial charge in [0.05, 0.1) is 7.11 Å². The van der Waals surface area contributed by atoms with Crippen molar-refractivity contribution in [2.75, 3.05) is 12.4 Å². The van der Waals surface area contributed by atoms with Gasteiger partial charge < -0.3 is 10.1 Å². The molecule has 0 unspecified atom stereocenters. The number of anilines is 1. The lowest BCUT2D eigenvalue weighted by Crippen LogP contribution is -2.02. The Morgan fingerprint density at radius 1 is 1.21 bits per heavy atom. The van der Waals surface area contributed by atoms with Crippen LogP contribution in [-0.2, 0) is 13.1 Å². The predicted octanol–water partition coefficient (Wildman–Crippen LogP) is 3.34. The number of benzene rings is 1. The standard InChI is InChI=1S/C14H19N3O.ClH/c1-3-9-17-10-8-14(16-17)15-11-12-4-6-13(18-2)7-5-12;/h4-8,10H,3,9,11H2,1-2H3,(H,15,16);1H. The van der Waals surface area contributed by atoms with Crippen LogP contribution in [0.1, 0.15) is 18.9 Å². The van der Waals surface area contributed by atoms with Crippen LogP contribution in [0.2, 0.25) is 0 Å². The number of methoxy groups -OCH3 is 1. The molecule has 0 aliphatic rings. The molecule has 0 bridgehead atoms. The molecule has 2 aromatic rings. The molecular weight excluding hydrogens is 262 g/mol. The number of rotatable bonds is 6.